The molecule has 0 fully saturated rings. The van der Waals surface area contributed by atoms with Gasteiger partial charge in [0.05, 0.1) is 0 Å². The first-order chi connectivity index (χ1) is 16.1. The lowest BCUT2D eigenvalue weighted by molar-refractivity contribution is -0.119. The van der Waals surface area contributed by atoms with Gasteiger partial charge in [-0.2, -0.15) is 0 Å². The van der Waals surface area contributed by atoms with E-state index >= 15 is 0 Å². The van der Waals surface area contributed by atoms with Crippen molar-refractivity contribution in [3.63, 3.8) is 0 Å². The van der Waals surface area contributed by atoms with E-state index in [0.717, 1.165) is 25.7 Å². The van der Waals surface area contributed by atoms with E-state index in [9.17, 15) is 4.79 Å². The average molecular weight is 519 g/mol. The minimum atomic E-state index is -1.56. The first-order valence-electron chi connectivity index (χ1n) is 13.8. The van der Waals surface area contributed by atoms with Gasteiger partial charge in [-0.25, -0.2) is 0 Å². The van der Waals surface area contributed by atoms with Crippen LogP contribution < -0.4 is 0 Å². The molecule has 0 unspecified atom stereocenters. The van der Waals surface area contributed by atoms with Crippen molar-refractivity contribution in [2.24, 2.45) is 0 Å². The molecule has 0 saturated heterocycles. The SMILES string of the molecule is CO[SiH](OC)C(C)(C)CCCCCCCCC(=O)CCCCCCCCC(C)(C)[SiH](OC)OC. The highest BCUT2D eigenvalue weighted by Gasteiger charge is 2.33. The largest absolute Gasteiger partial charge is 0.400 e. The number of ketones is 1. The molecule has 7 heteroatoms. The van der Waals surface area contributed by atoms with E-state index in [-0.39, 0.29) is 10.1 Å². The molecule has 0 atom stereocenters. The number of carbonyl (C=O) groups excluding carboxylic acids is 1. The van der Waals surface area contributed by atoms with Gasteiger partial charge in [-0.3, -0.25) is 4.79 Å². The van der Waals surface area contributed by atoms with Crippen LogP contribution in [0.3, 0.4) is 0 Å². The number of unbranched alkanes of at least 4 members (excludes halogenated alkanes) is 10. The average Bonchev–Trinajstić information content (AvgIpc) is 2.78. The van der Waals surface area contributed by atoms with Crippen molar-refractivity contribution in [1.29, 1.82) is 0 Å². The molecule has 0 aromatic carbocycles. The summed E-state index contributed by atoms with van der Waals surface area (Å²) in [7, 11) is 3.97. The molecule has 0 spiro atoms. The van der Waals surface area contributed by atoms with Crippen LogP contribution in [0.2, 0.25) is 10.1 Å². The molecule has 0 radical (unpaired) electrons. The Morgan fingerprint density at radius 1 is 0.500 bits per heavy atom. The summed E-state index contributed by atoms with van der Waals surface area (Å²) in [6.45, 7) is 9.08. The van der Waals surface area contributed by atoms with Gasteiger partial charge in [0.1, 0.15) is 5.78 Å². The van der Waals surface area contributed by atoms with Crippen molar-refractivity contribution < 1.29 is 22.5 Å². The van der Waals surface area contributed by atoms with Crippen LogP contribution in [0.4, 0.5) is 0 Å². The standard InChI is InChI=1S/C27H58O5Si2/c1-26(2,33(29-5)30-6)23-19-15-11-9-13-17-21-25(28)22-18-14-10-12-16-20-24-27(3,4)34(31-7)32-8/h33-34H,9-24H2,1-8H3. The molecule has 0 saturated carbocycles. The van der Waals surface area contributed by atoms with Gasteiger partial charge in [0.15, 0.2) is 0 Å². The number of carbonyl (C=O) groups is 1. The van der Waals surface area contributed by atoms with Gasteiger partial charge in [0.25, 0.3) is 0 Å². The Labute approximate surface area is 215 Å². The van der Waals surface area contributed by atoms with Gasteiger partial charge in [-0.05, 0) is 25.7 Å². The molecule has 0 amide bonds. The van der Waals surface area contributed by atoms with Gasteiger partial charge >= 0.3 is 18.6 Å². The van der Waals surface area contributed by atoms with E-state index in [0.29, 0.717) is 5.78 Å². The van der Waals surface area contributed by atoms with Crippen LogP contribution in [-0.4, -0.2) is 52.8 Å². The lowest BCUT2D eigenvalue weighted by Crippen LogP contribution is -2.32. The second-order valence-corrected chi connectivity index (χ2v) is 17.7. The minimum absolute atomic E-state index is 0.187. The molecular weight excluding hydrogens is 460 g/mol. The number of hydrogen-bond acceptors (Lipinski definition) is 5. The summed E-state index contributed by atoms with van der Waals surface area (Å²) in [6.07, 6.45) is 18.5. The maximum absolute atomic E-state index is 12.1. The Morgan fingerprint density at radius 3 is 1.06 bits per heavy atom. The van der Waals surface area contributed by atoms with Gasteiger partial charge in [-0.1, -0.05) is 91.9 Å². The molecule has 34 heavy (non-hydrogen) atoms. The van der Waals surface area contributed by atoms with Crippen LogP contribution in [0, 0.1) is 0 Å². The Hall–Kier alpha value is -0.0562. The highest BCUT2D eigenvalue weighted by atomic mass is 28.3. The van der Waals surface area contributed by atoms with E-state index in [4.69, 9.17) is 17.7 Å². The molecule has 0 aromatic rings. The summed E-state index contributed by atoms with van der Waals surface area (Å²) in [5, 5.41) is 0.373. The normalized spacial score (nSPS) is 12.8. The fourth-order valence-corrected chi connectivity index (χ4v) is 8.87. The lowest BCUT2D eigenvalue weighted by atomic mass is 10.0. The summed E-state index contributed by atoms with van der Waals surface area (Å²) in [5.41, 5.74) is 0. The van der Waals surface area contributed by atoms with E-state index in [1.165, 1.54) is 77.0 Å². The maximum atomic E-state index is 12.1. The van der Waals surface area contributed by atoms with Gasteiger partial charge in [0, 0.05) is 51.4 Å². The van der Waals surface area contributed by atoms with Crippen molar-refractivity contribution >= 4 is 24.4 Å². The third kappa shape index (κ3) is 15.8. The first-order valence-corrected chi connectivity index (χ1v) is 16.8. The summed E-state index contributed by atoms with van der Waals surface area (Å²) >= 11 is 0. The maximum Gasteiger partial charge on any atom is 0.326 e. The molecule has 0 aromatic heterocycles. The molecule has 0 rings (SSSR count). The number of hydrogen-bond donors (Lipinski definition) is 0. The second-order valence-electron chi connectivity index (χ2n) is 11.4. The topological polar surface area (TPSA) is 54.0 Å². The van der Waals surface area contributed by atoms with Crippen LogP contribution in [0.5, 0.6) is 0 Å². The summed E-state index contributed by atoms with van der Waals surface area (Å²) in [5.74, 6) is 0.466. The first kappa shape index (κ1) is 33.9. The Balaban J connectivity index is 3.57. The van der Waals surface area contributed by atoms with E-state index in [1.807, 2.05) is 0 Å². The highest BCUT2D eigenvalue weighted by molar-refractivity contribution is 6.48. The van der Waals surface area contributed by atoms with E-state index in [2.05, 4.69) is 27.7 Å². The van der Waals surface area contributed by atoms with Gasteiger partial charge in [0.2, 0.25) is 0 Å². The molecular formula is C27H58O5Si2. The number of rotatable bonds is 24. The van der Waals surface area contributed by atoms with Crippen LogP contribution in [-0.2, 0) is 22.5 Å². The summed E-state index contributed by atoms with van der Waals surface area (Å²) < 4.78 is 22.2. The molecule has 0 heterocycles. The fraction of sp³-hybridized carbons (Fsp3) is 0.963. The summed E-state index contributed by atoms with van der Waals surface area (Å²) in [6, 6.07) is 0. The van der Waals surface area contributed by atoms with Crippen molar-refractivity contribution in [1.82, 2.24) is 0 Å². The Bertz CT molecular complexity index is 449. The predicted octanol–water partition coefficient (Wildman–Crippen LogP) is 7.38. The zero-order valence-corrected chi connectivity index (χ0v) is 26.3. The number of Topliss-reactive ketones (excluding diaryl/α,β-unsaturated/α-hetero) is 1. The van der Waals surface area contributed by atoms with Crippen LogP contribution in [0.15, 0.2) is 0 Å². The van der Waals surface area contributed by atoms with Gasteiger partial charge < -0.3 is 17.7 Å². The zero-order valence-electron chi connectivity index (χ0n) is 24.0. The van der Waals surface area contributed by atoms with E-state index in [1.54, 1.807) is 28.4 Å². The molecule has 5 nitrogen and oxygen atoms in total. The van der Waals surface area contributed by atoms with Crippen LogP contribution in [0.25, 0.3) is 0 Å². The van der Waals surface area contributed by atoms with Crippen molar-refractivity contribution in [3.8, 4) is 0 Å². The zero-order chi connectivity index (χ0) is 25.9. The van der Waals surface area contributed by atoms with Crippen molar-refractivity contribution in [2.75, 3.05) is 28.4 Å². The highest BCUT2D eigenvalue weighted by Crippen LogP contribution is 2.36. The monoisotopic (exact) mass is 518 g/mol. The molecule has 204 valence electrons. The molecule has 0 aliphatic rings. The Morgan fingerprint density at radius 2 is 0.765 bits per heavy atom. The predicted molar refractivity (Wildman–Crippen MR) is 149 cm³/mol. The smallest absolute Gasteiger partial charge is 0.326 e. The van der Waals surface area contributed by atoms with Crippen molar-refractivity contribution in [3.05, 3.63) is 0 Å². The van der Waals surface area contributed by atoms with Gasteiger partial charge in [-0.15, -0.1) is 0 Å². The minimum Gasteiger partial charge on any atom is -0.400 e. The second kappa shape index (κ2) is 20.1. The van der Waals surface area contributed by atoms with E-state index < -0.39 is 18.6 Å². The quantitative estimate of drug-likeness (QED) is 0.0985. The lowest BCUT2D eigenvalue weighted by Gasteiger charge is -2.29. The van der Waals surface area contributed by atoms with Crippen LogP contribution >= 0.6 is 0 Å². The molecule has 0 N–H and O–H groups in total. The summed E-state index contributed by atoms with van der Waals surface area (Å²) in [4.78, 5) is 12.1. The molecule has 0 aliphatic carbocycles. The molecule has 0 bridgehead atoms. The van der Waals surface area contributed by atoms with Crippen molar-refractivity contribution in [2.45, 2.75) is 141 Å². The third-order valence-electron chi connectivity index (χ3n) is 7.19. The molecule has 0 aliphatic heterocycles. The van der Waals surface area contributed by atoms with Crippen LogP contribution in [0.1, 0.15) is 130 Å². The third-order valence-corrected chi connectivity index (χ3v) is 12.0. The fourth-order valence-electron chi connectivity index (χ4n) is 5.05. The Kier molecular flexibility index (Phi) is 20.0.